The molecule has 0 aromatic carbocycles. The standard InChI is InChI=1S/C10H22N2O2S2/c1-15-10-6-3-2-5-9(10)12-16(13,14)8-4-7-11/h9-10,12H,2-8,11H2,1H3. The molecule has 96 valence electrons. The Bertz CT molecular complexity index is 293. The van der Waals surface area contributed by atoms with Gasteiger partial charge in [0, 0.05) is 11.3 Å². The molecule has 1 aliphatic rings. The highest BCUT2D eigenvalue weighted by Crippen LogP contribution is 2.27. The van der Waals surface area contributed by atoms with E-state index in [0.717, 1.165) is 19.3 Å². The third-order valence-corrected chi connectivity index (χ3v) is 5.61. The monoisotopic (exact) mass is 266 g/mol. The lowest BCUT2D eigenvalue weighted by molar-refractivity contribution is 0.423. The van der Waals surface area contributed by atoms with Gasteiger partial charge in [0.05, 0.1) is 5.75 Å². The molecule has 1 rings (SSSR count). The molecule has 1 aliphatic carbocycles. The first kappa shape index (κ1) is 14.3. The average molecular weight is 266 g/mol. The van der Waals surface area contributed by atoms with Crippen LogP contribution in [-0.2, 0) is 10.0 Å². The topological polar surface area (TPSA) is 72.2 Å². The molecule has 6 heteroatoms. The zero-order valence-corrected chi connectivity index (χ0v) is 11.4. The summed E-state index contributed by atoms with van der Waals surface area (Å²) in [5, 5.41) is 0.432. The minimum absolute atomic E-state index is 0.117. The summed E-state index contributed by atoms with van der Waals surface area (Å²) in [6, 6.07) is 0.117. The number of nitrogens with two attached hydrogens (primary N) is 1. The van der Waals surface area contributed by atoms with Crippen LogP contribution in [0.1, 0.15) is 32.1 Å². The van der Waals surface area contributed by atoms with Crippen molar-refractivity contribution in [2.45, 2.75) is 43.4 Å². The molecule has 3 N–H and O–H groups in total. The largest absolute Gasteiger partial charge is 0.330 e. The van der Waals surface area contributed by atoms with Gasteiger partial charge in [0.2, 0.25) is 10.0 Å². The van der Waals surface area contributed by atoms with E-state index >= 15 is 0 Å². The summed E-state index contributed by atoms with van der Waals surface area (Å²) in [6.45, 7) is 0.428. The van der Waals surface area contributed by atoms with E-state index in [4.69, 9.17) is 5.73 Å². The lowest BCUT2D eigenvalue weighted by Crippen LogP contribution is -2.44. The van der Waals surface area contributed by atoms with Gasteiger partial charge >= 0.3 is 0 Å². The van der Waals surface area contributed by atoms with E-state index in [2.05, 4.69) is 11.0 Å². The summed E-state index contributed by atoms with van der Waals surface area (Å²) in [6.07, 6.45) is 7.01. The maximum atomic E-state index is 11.7. The van der Waals surface area contributed by atoms with Gasteiger partial charge in [0.25, 0.3) is 0 Å². The highest BCUT2D eigenvalue weighted by atomic mass is 32.2. The molecule has 16 heavy (non-hydrogen) atoms. The first-order valence-electron chi connectivity index (χ1n) is 5.82. The molecule has 0 saturated heterocycles. The van der Waals surface area contributed by atoms with Crippen molar-refractivity contribution in [3.05, 3.63) is 0 Å². The molecule has 1 fully saturated rings. The van der Waals surface area contributed by atoms with Gasteiger partial charge in [-0.25, -0.2) is 13.1 Å². The quantitative estimate of drug-likeness (QED) is 0.750. The number of hydrogen-bond acceptors (Lipinski definition) is 4. The number of hydrogen-bond donors (Lipinski definition) is 2. The van der Waals surface area contributed by atoms with Gasteiger partial charge < -0.3 is 5.73 Å². The third kappa shape index (κ3) is 4.61. The molecule has 0 aliphatic heterocycles. The molecule has 0 spiro atoms. The van der Waals surface area contributed by atoms with Crippen LogP contribution in [0.4, 0.5) is 0 Å². The Morgan fingerprint density at radius 1 is 1.38 bits per heavy atom. The molecule has 0 aromatic heterocycles. The molecule has 0 radical (unpaired) electrons. The fourth-order valence-corrected chi connectivity index (χ4v) is 4.51. The van der Waals surface area contributed by atoms with Gasteiger partial charge in [-0.3, -0.25) is 0 Å². The summed E-state index contributed by atoms with van der Waals surface area (Å²) in [7, 11) is -3.13. The van der Waals surface area contributed by atoms with E-state index in [1.807, 2.05) is 0 Å². The molecule has 0 amide bonds. The molecular weight excluding hydrogens is 244 g/mol. The molecule has 0 aromatic rings. The Kier molecular flexibility index (Phi) is 6.10. The predicted molar refractivity (Wildman–Crippen MR) is 70.2 cm³/mol. The van der Waals surface area contributed by atoms with Crippen molar-refractivity contribution in [2.24, 2.45) is 5.73 Å². The summed E-state index contributed by atoms with van der Waals surface area (Å²) >= 11 is 1.77. The lowest BCUT2D eigenvalue weighted by atomic mass is 9.96. The van der Waals surface area contributed by atoms with Gasteiger partial charge in [0.15, 0.2) is 0 Å². The van der Waals surface area contributed by atoms with Crippen molar-refractivity contribution in [3.63, 3.8) is 0 Å². The van der Waals surface area contributed by atoms with Crippen LogP contribution in [0.5, 0.6) is 0 Å². The van der Waals surface area contributed by atoms with E-state index in [-0.39, 0.29) is 11.8 Å². The second kappa shape index (κ2) is 6.83. The SMILES string of the molecule is CSC1CCCCC1NS(=O)(=O)CCCN. The van der Waals surface area contributed by atoms with Gasteiger partial charge in [-0.1, -0.05) is 12.8 Å². The Morgan fingerprint density at radius 2 is 2.06 bits per heavy atom. The van der Waals surface area contributed by atoms with Crippen molar-refractivity contribution in [1.82, 2.24) is 4.72 Å². The van der Waals surface area contributed by atoms with Crippen LogP contribution >= 0.6 is 11.8 Å². The van der Waals surface area contributed by atoms with Crippen LogP contribution in [0.15, 0.2) is 0 Å². The number of rotatable bonds is 6. The highest BCUT2D eigenvalue weighted by molar-refractivity contribution is 7.99. The van der Waals surface area contributed by atoms with Crippen molar-refractivity contribution in [2.75, 3.05) is 18.6 Å². The Hall–Kier alpha value is 0.220. The summed E-state index contributed by atoms with van der Waals surface area (Å²) < 4.78 is 26.3. The van der Waals surface area contributed by atoms with Crippen LogP contribution in [0.25, 0.3) is 0 Å². The van der Waals surface area contributed by atoms with Gasteiger partial charge in [-0.05, 0) is 32.1 Å². The molecule has 1 saturated carbocycles. The van der Waals surface area contributed by atoms with Gasteiger partial charge in [0.1, 0.15) is 0 Å². The van der Waals surface area contributed by atoms with Crippen molar-refractivity contribution in [1.29, 1.82) is 0 Å². The zero-order valence-electron chi connectivity index (χ0n) is 9.81. The lowest BCUT2D eigenvalue weighted by Gasteiger charge is -2.30. The fraction of sp³-hybridized carbons (Fsp3) is 1.00. The molecule has 4 nitrogen and oxygen atoms in total. The minimum atomic E-state index is -3.13. The van der Waals surface area contributed by atoms with Crippen LogP contribution in [0.2, 0.25) is 0 Å². The van der Waals surface area contributed by atoms with Crippen LogP contribution in [0.3, 0.4) is 0 Å². The fourth-order valence-electron chi connectivity index (χ4n) is 2.08. The van der Waals surface area contributed by atoms with Crippen LogP contribution in [0, 0.1) is 0 Å². The minimum Gasteiger partial charge on any atom is -0.330 e. The second-order valence-electron chi connectivity index (χ2n) is 4.24. The predicted octanol–water partition coefficient (Wildman–Crippen LogP) is 0.929. The average Bonchev–Trinajstić information content (AvgIpc) is 2.27. The molecular formula is C10H22N2O2S2. The molecule has 2 unspecified atom stereocenters. The third-order valence-electron chi connectivity index (χ3n) is 2.95. The number of thioether (sulfide) groups is 1. The number of nitrogens with one attached hydrogen (secondary N) is 1. The van der Waals surface area contributed by atoms with E-state index in [1.54, 1.807) is 11.8 Å². The zero-order chi connectivity index (χ0) is 12.0. The smallest absolute Gasteiger partial charge is 0.211 e. The van der Waals surface area contributed by atoms with Crippen molar-refractivity contribution in [3.8, 4) is 0 Å². The highest BCUT2D eigenvalue weighted by Gasteiger charge is 2.27. The van der Waals surface area contributed by atoms with E-state index in [1.165, 1.54) is 6.42 Å². The first-order valence-corrected chi connectivity index (χ1v) is 8.76. The Morgan fingerprint density at radius 3 is 2.69 bits per heavy atom. The summed E-state index contributed by atoms with van der Waals surface area (Å²) in [5.74, 6) is 0.154. The normalized spacial score (nSPS) is 26.9. The maximum absolute atomic E-state index is 11.7. The maximum Gasteiger partial charge on any atom is 0.211 e. The van der Waals surface area contributed by atoms with E-state index in [0.29, 0.717) is 18.2 Å². The van der Waals surface area contributed by atoms with Crippen LogP contribution < -0.4 is 10.5 Å². The first-order chi connectivity index (χ1) is 7.59. The van der Waals surface area contributed by atoms with E-state index in [9.17, 15) is 8.42 Å². The molecule has 0 heterocycles. The Labute approximate surface area is 103 Å². The second-order valence-corrected chi connectivity index (χ2v) is 7.19. The molecule has 0 bridgehead atoms. The van der Waals surface area contributed by atoms with Crippen LogP contribution in [-0.4, -0.2) is 38.3 Å². The van der Waals surface area contributed by atoms with Crippen molar-refractivity contribution >= 4 is 21.8 Å². The Balaban J connectivity index is 2.50. The van der Waals surface area contributed by atoms with Gasteiger partial charge in [-0.2, -0.15) is 11.8 Å². The summed E-state index contributed by atoms with van der Waals surface area (Å²) in [4.78, 5) is 0. The number of sulfonamides is 1. The summed E-state index contributed by atoms with van der Waals surface area (Å²) in [5.41, 5.74) is 5.33. The van der Waals surface area contributed by atoms with E-state index < -0.39 is 10.0 Å². The molecule has 2 atom stereocenters. The van der Waals surface area contributed by atoms with Gasteiger partial charge in [-0.15, -0.1) is 0 Å². The van der Waals surface area contributed by atoms with Crippen molar-refractivity contribution < 1.29 is 8.42 Å².